The Hall–Kier alpha value is -0.610. The number of carbonyl (C=O) groups is 1. The van der Waals surface area contributed by atoms with Crippen molar-refractivity contribution in [2.45, 2.75) is 59.4 Å². The molecule has 1 saturated heterocycles. The van der Waals surface area contributed by atoms with Crippen LogP contribution >= 0.6 is 0 Å². The van der Waals surface area contributed by atoms with Gasteiger partial charge in [-0.05, 0) is 44.7 Å². The standard InChI is InChI=1S/C16H33N3O/c1-13(19-8-6-5-7-9-19)12-18-15(20)14(11-17)10-16(2,3)4/h13-14H,5-12,17H2,1-4H3,(H,18,20). The number of nitrogens with two attached hydrogens (primary N) is 1. The van der Waals surface area contributed by atoms with Crippen LogP contribution in [0.2, 0.25) is 0 Å². The van der Waals surface area contributed by atoms with Crippen molar-refractivity contribution in [2.24, 2.45) is 17.1 Å². The maximum absolute atomic E-state index is 12.2. The molecule has 0 saturated carbocycles. The molecule has 0 aliphatic carbocycles. The zero-order valence-corrected chi connectivity index (χ0v) is 13.7. The van der Waals surface area contributed by atoms with Crippen molar-refractivity contribution < 1.29 is 4.79 Å². The second-order valence-electron chi connectivity index (χ2n) is 7.39. The van der Waals surface area contributed by atoms with Crippen molar-refractivity contribution in [3.05, 3.63) is 0 Å². The highest BCUT2D eigenvalue weighted by molar-refractivity contribution is 5.78. The number of rotatable bonds is 6. The largest absolute Gasteiger partial charge is 0.354 e. The van der Waals surface area contributed by atoms with E-state index in [0.29, 0.717) is 12.6 Å². The van der Waals surface area contributed by atoms with Crippen LogP contribution in [0.4, 0.5) is 0 Å². The molecule has 0 spiro atoms. The highest BCUT2D eigenvalue weighted by Gasteiger charge is 2.24. The molecule has 1 heterocycles. The lowest BCUT2D eigenvalue weighted by Crippen LogP contribution is -2.46. The Morgan fingerprint density at radius 3 is 2.35 bits per heavy atom. The average molecular weight is 283 g/mol. The summed E-state index contributed by atoms with van der Waals surface area (Å²) < 4.78 is 0. The summed E-state index contributed by atoms with van der Waals surface area (Å²) in [6.07, 6.45) is 4.76. The molecule has 1 aliphatic heterocycles. The van der Waals surface area contributed by atoms with Gasteiger partial charge >= 0.3 is 0 Å². The molecule has 0 aromatic heterocycles. The number of nitrogens with one attached hydrogen (secondary N) is 1. The Bertz CT molecular complexity index is 293. The zero-order chi connectivity index (χ0) is 15.2. The molecule has 3 N–H and O–H groups in total. The fourth-order valence-corrected chi connectivity index (χ4v) is 2.90. The van der Waals surface area contributed by atoms with Crippen molar-refractivity contribution in [3.63, 3.8) is 0 Å². The molecule has 2 unspecified atom stereocenters. The lowest BCUT2D eigenvalue weighted by molar-refractivity contribution is -0.125. The van der Waals surface area contributed by atoms with Crippen LogP contribution in [-0.4, -0.2) is 43.0 Å². The Morgan fingerprint density at radius 1 is 1.25 bits per heavy atom. The van der Waals surface area contributed by atoms with Crippen molar-refractivity contribution in [2.75, 3.05) is 26.2 Å². The van der Waals surface area contributed by atoms with E-state index in [-0.39, 0.29) is 17.2 Å². The quantitative estimate of drug-likeness (QED) is 0.784. The third-order valence-corrected chi connectivity index (χ3v) is 4.10. The minimum atomic E-state index is -0.0662. The minimum absolute atomic E-state index is 0.0662. The number of nitrogens with zero attached hydrogens (tertiary/aromatic N) is 1. The normalized spacial score (nSPS) is 20.4. The van der Waals surface area contributed by atoms with Crippen LogP contribution in [0.25, 0.3) is 0 Å². The fourth-order valence-electron chi connectivity index (χ4n) is 2.90. The third kappa shape index (κ3) is 6.23. The van der Waals surface area contributed by atoms with E-state index in [1.165, 1.54) is 32.4 Å². The zero-order valence-electron chi connectivity index (χ0n) is 13.7. The number of piperidine rings is 1. The summed E-state index contributed by atoms with van der Waals surface area (Å²) in [6.45, 7) is 12.2. The van der Waals surface area contributed by atoms with Gasteiger partial charge < -0.3 is 11.1 Å². The number of carbonyl (C=O) groups excluding carboxylic acids is 1. The smallest absolute Gasteiger partial charge is 0.224 e. The Balaban J connectivity index is 2.36. The van der Waals surface area contributed by atoms with Gasteiger partial charge in [-0.15, -0.1) is 0 Å². The summed E-state index contributed by atoms with van der Waals surface area (Å²) in [5.41, 5.74) is 5.90. The van der Waals surface area contributed by atoms with Crippen LogP contribution in [0.5, 0.6) is 0 Å². The molecule has 4 nitrogen and oxygen atoms in total. The van der Waals surface area contributed by atoms with Gasteiger partial charge in [-0.3, -0.25) is 9.69 Å². The molecular weight excluding hydrogens is 250 g/mol. The first kappa shape index (κ1) is 17.4. The molecule has 2 atom stereocenters. The van der Waals surface area contributed by atoms with Gasteiger partial charge in [0.1, 0.15) is 0 Å². The molecule has 1 amide bonds. The van der Waals surface area contributed by atoms with Gasteiger partial charge in [0.05, 0.1) is 5.92 Å². The van der Waals surface area contributed by atoms with E-state index >= 15 is 0 Å². The van der Waals surface area contributed by atoms with Crippen LogP contribution in [0.3, 0.4) is 0 Å². The van der Waals surface area contributed by atoms with E-state index in [1.807, 2.05) is 0 Å². The second-order valence-corrected chi connectivity index (χ2v) is 7.39. The number of likely N-dealkylation sites (tertiary alicyclic amines) is 1. The molecule has 118 valence electrons. The Morgan fingerprint density at radius 2 is 1.85 bits per heavy atom. The first-order chi connectivity index (χ1) is 9.33. The van der Waals surface area contributed by atoms with Crippen molar-refractivity contribution in [1.29, 1.82) is 0 Å². The number of hydrogen-bond acceptors (Lipinski definition) is 3. The molecule has 1 aliphatic rings. The molecule has 4 heteroatoms. The van der Waals surface area contributed by atoms with Gasteiger partial charge in [0.15, 0.2) is 0 Å². The predicted octanol–water partition coefficient (Wildman–Crippen LogP) is 1.99. The van der Waals surface area contributed by atoms with E-state index in [9.17, 15) is 4.79 Å². The summed E-state index contributed by atoms with van der Waals surface area (Å²) in [7, 11) is 0. The van der Waals surface area contributed by atoms with Crippen LogP contribution < -0.4 is 11.1 Å². The van der Waals surface area contributed by atoms with Gasteiger partial charge in [0, 0.05) is 19.1 Å². The van der Waals surface area contributed by atoms with Gasteiger partial charge in [-0.1, -0.05) is 27.2 Å². The summed E-state index contributed by atoms with van der Waals surface area (Å²) in [4.78, 5) is 14.7. The summed E-state index contributed by atoms with van der Waals surface area (Å²) in [5, 5.41) is 3.09. The van der Waals surface area contributed by atoms with Crippen molar-refractivity contribution in [3.8, 4) is 0 Å². The molecule has 1 rings (SSSR count). The first-order valence-electron chi connectivity index (χ1n) is 8.05. The van der Waals surface area contributed by atoms with Crippen molar-refractivity contribution in [1.82, 2.24) is 10.2 Å². The summed E-state index contributed by atoms with van der Waals surface area (Å²) in [5.74, 6) is 0.0508. The van der Waals surface area contributed by atoms with Crippen molar-refractivity contribution >= 4 is 5.91 Å². The van der Waals surface area contributed by atoms with Gasteiger partial charge in [0.2, 0.25) is 5.91 Å². The lowest BCUT2D eigenvalue weighted by Gasteiger charge is -2.33. The van der Waals surface area contributed by atoms with Crippen LogP contribution in [0.1, 0.15) is 53.4 Å². The second kappa shape index (κ2) is 7.99. The molecular formula is C16H33N3O. The topological polar surface area (TPSA) is 58.4 Å². The predicted molar refractivity (Wildman–Crippen MR) is 84.5 cm³/mol. The Labute approximate surface area is 124 Å². The maximum atomic E-state index is 12.2. The van der Waals surface area contributed by atoms with Crippen LogP contribution in [0, 0.1) is 11.3 Å². The van der Waals surface area contributed by atoms with Crippen LogP contribution in [-0.2, 0) is 4.79 Å². The van der Waals surface area contributed by atoms with E-state index in [1.54, 1.807) is 0 Å². The molecule has 1 fully saturated rings. The first-order valence-corrected chi connectivity index (χ1v) is 8.05. The van der Waals surface area contributed by atoms with E-state index in [4.69, 9.17) is 5.73 Å². The van der Waals surface area contributed by atoms with Gasteiger partial charge in [-0.2, -0.15) is 0 Å². The monoisotopic (exact) mass is 283 g/mol. The number of hydrogen-bond donors (Lipinski definition) is 2. The maximum Gasteiger partial charge on any atom is 0.224 e. The number of amides is 1. The third-order valence-electron chi connectivity index (χ3n) is 4.10. The lowest BCUT2D eigenvalue weighted by atomic mass is 9.84. The molecule has 20 heavy (non-hydrogen) atoms. The highest BCUT2D eigenvalue weighted by atomic mass is 16.1. The average Bonchev–Trinajstić information content (AvgIpc) is 2.41. The highest BCUT2D eigenvalue weighted by Crippen LogP contribution is 2.24. The molecule has 0 aromatic rings. The molecule has 0 radical (unpaired) electrons. The van der Waals surface area contributed by atoms with E-state index in [0.717, 1.165) is 13.0 Å². The van der Waals surface area contributed by atoms with Crippen LogP contribution in [0.15, 0.2) is 0 Å². The van der Waals surface area contributed by atoms with Gasteiger partial charge in [-0.25, -0.2) is 0 Å². The summed E-state index contributed by atoms with van der Waals surface area (Å²) in [6, 6.07) is 0.423. The van der Waals surface area contributed by atoms with E-state index in [2.05, 4.69) is 37.9 Å². The molecule has 0 bridgehead atoms. The minimum Gasteiger partial charge on any atom is -0.354 e. The fraction of sp³-hybridized carbons (Fsp3) is 0.938. The molecule has 0 aromatic carbocycles. The SMILES string of the molecule is CC(CNC(=O)C(CN)CC(C)(C)C)N1CCCCC1. The van der Waals surface area contributed by atoms with E-state index < -0.39 is 0 Å². The Kier molecular flexibility index (Phi) is 6.96. The summed E-state index contributed by atoms with van der Waals surface area (Å²) >= 11 is 0. The van der Waals surface area contributed by atoms with Gasteiger partial charge in [0.25, 0.3) is 0 Å².